The van der Waals surface area contributed by atoms with E-state index in [9.17, 15) is 4.39 Å². The smallest absolute Gasteiger partial charge is 0.192 e. The highest BCUT2D eigenvalue weighted by molar-refractivity contribution is 7.98. The predicted octanol–water partition coefficient (Wildman–Crippen LogP) is 1.65. The van der Waals surface area contributed by atoms with Crippen LogP contribution >= 0.6 is 11.8 Å². The molecule has 136 valence electrons. The lowest BCUT2D eigenvalue weighted by molar-refractivity contribution is 0.599. The molecule has 2 aromatic heterocycles. The van der Waals surface area contributed by atoms with E-state index in [4.69, 9.17) is 0 Å². The fourth-order valence-corrected chi connectivity index (χ4v) is 2.49. The Morgan fingerprint density at radius 1 is 1.36 bits per heavy atom. The first-order valence-electron chi connectivity index (χ1n) is 8.07. The lowest BCUT2D eigenvalue weighted by Gasteiger charge is -2.12. The van der Waals surface area contributed by atoms with Gasteiger partial charge in [-0.2, -0.15) is 11.8 Å². The summed E-state index contributed by atoms with van der Waals surface area (Å²) >= 11 is 1.80. The van der Waals surface area contributed by atoms with Crippen molar-refractivity contribution in [2.45, 2.75) is 26.4 Å². The third-order valence-electron chi connectivity index (χ3n) is 3.64. The number of rotatable bonds is 8. The average molecular weight is 365 g/mol. The van der Waals surface area contributed by atoms with Gasteiger partial charge < -0.3 is 15.2 Å². The molecule has 0 unspecified atom stereocenters. The van der Waals surface area contributed by atoms with Crippen molar-refractivity contribution in [2.75, 3.05) is 18.6 Å². The number of aryl methyl sites for hydroxylation is 1. The van der Waals surface area contributed by atoms with Crippen molar-refractivity contribution in [3.8, 4) is 0 Å². The Hall–Kier alpha value is -2.16. The fourth-order valence-electron chi connectivity index (χ4n) is 2.05. The van der Waals surface area contributed by atoms with Gasteiger partial charge in [0.05, 0.1) is 18.8 Å². The van der Waals surface area contributed by atoms with Gasteiger partial charge in [0.1, 0.15) is 11.6 Å². The summed E-state index contributed by atoms with van der Waals surface area (Å²) in [6, 6.07) is 2.96. The monoisotopic (exact) mass is 365 g/mol. The van der Waals surface area contributed by atoms with Crippen LogP contribution in [-0.2, 0) is 20.1 Å². The van der Waals surface area contributed by atoms with Gasteiger partial charge in [-0.1, -0.05) is 0 Å². The zero-order valence-corrected chi connectivity index (χ0v) is 15.6. The molecule has 0 bridgehead atoms. The van der Waals surface area contributed by atoms with Gasteiger partial charge >= 0.3 is 0 Å². The summed E-state index contributed by atoms with van der Waals surface area (Å²) in [7, 11) is 1.92. The van der Waals surface area contributed by atoms with Crippen LogP contribution in [0.2, 0.25) is 0 Å². The van der Waals surface area contributed by atoms with Crippen LogP contribution in [0.1, 0.15) is 23.8 Å². The second-order valence-electron chi connectivity index (χ2n) is 5.45. The van der Waals surface area contributed by atoms with Crippen molar-refractivity contribution < 1.29 is 4.39 Å². The van der Waals surface area contributed by atoms with E-state index in [0.717, 1.165) is 30.4 Å². The van der Waals surface area contributed by atoms with Crippen LogP contribution in [-0.4, -0.2) is 44.3 Å². The number of thioether (sulfide) groups is 1. The molecule has 0 spiro atoms. The van der Waals surface area contributed by atoms with Gasteiger partial charge in [0.15, 0.2) is 11.8 Å². The average Bonchev–Trinajstić information content (AvgIpc) is 2.93. The molecule has 25 heavy (non-hydrogen) atoms. The second kappa shape index (κ2) is 9.97. The number of hydrogen-bond donors (Lipinski definition) is 2. The van der Waals surface area contributed by atoms with Gasteiger partial charge in [-0.05, 0) is 37.5 Å². The van der Waals surface area contributed by atoms with E-state index < -0.39 is 0 Å². The predicted molar refractivity (Wildman–Crippen MR) is 98.9 cm³/mol. The topological polar surface area (TPSA) is 80.0 Å². The van der Waals surface area contributed by atoms with Crippen LogP contribution in [0.25, 0.3) is 0 Å². The number of halogens is 1. The molecule has 0 atom stereocenters. The Morgan fingerprint density at radius 3 is 2.88 bits per heavy atom. The van der Waals surface area contributed by atoms with Crippen LogP contribution in [0.3, 0.4) is 0 Å². The summed E-state index contributed by atoms with van der Waals surface area (Å²) in [4.78, 5) is 8.46. The van der Waals surface area contributed by atoms with Gasteiger partial charge in [-0.3, -0.25) is 4.98 Å². The number of aliphatic imine (C=N–C) groups is 1. The Morgan fingerprint density at radius 2 is 2.20 bits per heavy atom. The van der Waals surface area contributed by atoms with E-state index in [1.807, 2.05) is 18.5 Å². The normalized spacial score (nSPS) is 11.6. The molecule has 9 heteroatoms. The summed E-state index contributed by atoms with van der Waals surface area (Å²) in [6.45, 7) is 3.34. The Bertz CT molecular complexity index is 702. The highest BCUT2D eigenvalue weighted by Gasteiger charge is 2.07. The molecule has 2 N–H and O–H groups in total. The first kappa shape index (κ1) is 19.2. The largest absolute Gasteiger partial charge is 0.356 e. The number of hydrogen-bond acceptors (Lipinski definition) is 5. The minimum absolute atomic E-state index is 0.169. The van der Waals surface area contributed by atoms with Gasteiger partial charge in [-0.25, -0.2) is 9.38 Å². The summed E-state index contributed by atoms with van der Waals surface area (Å²) in [5.41, 5.74) is 0.321. The number of nitrogens with one attached hydrogen (secondary N) is 2. The number of guanidine groups is 1. The van der Waals surface area contributed by atoms with Crippen molar-refractivity contribution in [3.63, 3.8) is 0 Å². The second-order valence-corrected chi connectivity index (χ2v) is 6.43. The number of pyridine rings is 1. The Labute approximate surface area is 151 Å². The van der Waals surface area contributed by atoms with Crippen LogP contribution in [0.4, 0.5) is 4.39 Å². The van der Waals surface area contributed by atoms with Crippen LogP contribution in [0.5, 0.6) is 0 Å². The third-order valence-corrected chi connectivity index (χ3v) is 4.33. The van der Waals surface area contributed by atoms with Crippen molar-refractivity contribution in [2.24, 2.45) is 12.0 Å². The molecule has 2 aromatic rings. The van der Waals surface area contributed by atoms with E-state index in [2.05, 4.69) is 37.1 Å². The van der Waals surface area contributed by atoms with Crippen LogP contribution in [0.15, 0.2) is 23.3 Å². The Kier molecular flexibility index (Phi) is 7.65. The quantitative estimate of drug-likeness (QED) is 0.421. The van der Waals surface area contributed by atoms with Gasteiger partial charge in [-0.15, -0.1) is 10.2 Å². The summed E-state index contributed by atoms with van der Waals surface area (Å²) in [6.07, 6.45) is 4.66. The highest BCUT2D eigenvalue weighted by atomic mass is 32.2. The molecular formula is C16H24FN7S. The minimum atomic E-state index is -0.350. The molecule has 0 amide bonds. The number of nitrogens with zero attached hydrogens (tertiary/aromatic N) is 5. The molecule has 0 aliphatic heterocycles. The van der Waals surface area contributed by atoms with Crippen molar-refractivity contribution in [1.82, 2.24) is 30.4 Å². The maximum Gasteiger partial charge on any atom is 0.192 e. The highest BCUT2D eigenvalue weighted by Crippen LogP contribution is 2.04. The Balaban J connectivity index is 1.99. The minimum Gasteiger partial charge on any atom is -0.356 e. The molecule has 0 fully saturated rings. The van der Waals surface area contributed by atoms with E-state index in [1.54, 1.807) is 24.0 Å². The molecule has 0 radical (unpaired) electrons. The van der Waals surface area contributed by atoms with Crippen LogP contribution in [0, 0.1) is 12.7 Å². The number of aromatic nitrogens is 4. The summed E-state index contributed by atoms with van der Waals surface area (Å²) in [5, 5.41) is 14.6. The molecule has 0 aliphatic carbocycles. The first-order valence-corrected chi connectivity index (χ1v) is 9.46. The zero-order chi connectivity index (χ0) is 18.1. The van der Waals surface area contributed by atoms with Crippen molar-refractivity contribution in [1.29, 1.82) is 0 Å². The lowest BCUT2D eigenvalue weighted by Crippen LogP contribution is -2.38. The maximum atomic E-state index is 13.7. The standard InChI is InChI=1S/C16H24FN7S/c1-12-22-23-15(24(12)2)11-21-16(19-8-5-9-25-3)20-10-14-13(17)6-4-7-18-14/h4,6-7H,5,8-11H2,1-3H3,(H2,19,20,21). The molecule has 7 nitrogen and oxygen atoms in total. The molecule has 0 saturated heterocycles. The molecule has 2 heterocycles. The molecule has 2 rings (SSSR count). The van der Waals surface area contributed by atoms with E-state index >= 15 is 0 Å². The molecular weight excluding hydrogens is 341 g/mol. The molecule has 0 saturated carbocycles. The van der Waals surface area contributed by atoms with Gasteiger partial charge in [0, 0.05) is 19.8 Å². The SMILES string of the molecule is CSCCCNC(=NCc1ncccc1F)NCc1nnc(C)n1C. The fraction of sp³-hybridized carbons (Fsp3) is 0.500. The molecule has 0 aromatic carbocycles. The lowest BCUT2D eigenvalue weighted by atomic mass is 10.3. The third kappa shape index (κ3) is 6.00. The zero-order valence-electron chi connectivity index (χ0n) is 14.8. The molecule has 0 aliphatic rings. The van der Waals surface area contributed by atoms with Crippen molar-refractivity contribution in [3.05, 3.63) is 41.5 Å². The maximum absolute atomic E-state index is 13.7. The van der Waals surface area contributed by atoms with Crippen molar-refractivity contribution >= 4 is 17.7 Å². The van der Waals surface area contributed by atoms with E-state index in [-0.39, 0.29) is 12.4 Å². The van der Waals surface area contributed by atoms with Gasteiger partial charge in [0.2, 0.25) is 0 Å². The van der Waals surface area contributed by atoms with Gasteiger partial charge in [0.25, 0.3) is 0 Å². The summed E-state index contributed by atoms with van der Waals surface area (Å²) in [5.74, 6) is 2.97. The van der Waals surface area contributed by atoms with E-state index in [1.165, 1.54) is 6.07 Å². The van der Waals surface area contributed by atoms with E-state index in [0.29, 0.717) is 18.2 Å². The summed E-state index contributed by atoms with van der Waals surface area (Å²) < 4.78 is 15.6. The first-order chi connectivity index (χ1) is 12.1. The van der Waals surface area contributed by atoms with Crippen LogP contribution < -0.4 is 10.6 Å².